The second-order valence-electron chi connectivity index (χ2n) is 9.54. The largest absolute Gasteiger partial charge is 0.327 e. The highest BCUT2D eigenvalue weighted by molar-refractivity contribution is 5.78. The normalized spacial score (nSPS) is 14.7. The van der Waals surface area contributed by atoms with Crippen LogP contribution in [0.5, 0.6) is 0 Å². The number of rotatable bonds is 19. The number of nitrogens with two attached hydrogens (primary N) is 1. The van der Waals surface area contributed by atoms with Gasteiger partial charge in [-0.2, -0.15) is 0 Å². The minimum absolute atomic E-state index is 0.196. The highest BCUT2D eigenvalue weighted by atomic mass is 16.1. The van der Waals surface area contributed by atoms with Crippen LogP contribution in [0.3, 0.4) is 0 Å². The molecule has 35 heavy (non-hydrogen) atoms. The van der Waals surface area contributed by atoms with Gasteiger partial charge in [0.15, 0.2) is 0 Å². The van der Waals surface area contributed by atoms with Crippen LogP contribution in [0.2, 0.25) is 0 Å². The molecule has 0 aromatic heterocycles. The van der Waals surface area contributed by atoms with Crippen LogP contribution in [0.25, 0.3) is 0 Å². The highest BCUT2D eigenvalue weighted by Crippen LogP contribution is 2.24. The zero-order chi connectivity index (χ0) is 26.9. The van der Waals surface area contributed by atoms with Gasteiger partial charge in [-0.3, -0.25) is 4.79 Å². The number of unbranched alkanes of at least 4 members (excludes halogenated alkanes) is 2. The van der Waals surface area contributed by atoms with E-state index in [1.165, 1.54) is 44.1 Å². The molecule has 0 rings (SSSR count). The van der Waals surface area contributed by atoms with Gasteiger partial charge in [0.05, 0.1) is 0 Å². The third-order valence-corrected chi connectivity index (χ3v) is 6.27. The summed E-state index contributed by atoms with van der Waals surface area (Å²) in [6.45, 7) is 20.8. The lowest BCUT2D eigenvalue weighted by Crippen LogP contribution is -2.14. The lowest BCUT2D eigenvalue weighted by atomic mass is 9.86. The van der Waals surface area contributed by atoms with Crippen molar-refractivity contribution < 1.29 is 4.79 Å². The number of allylic oxidation sites excluding steroid dienone is 8. The Labute approximate surface area is 219 Å². The monoisotopic (exact) mass is 483 g/mol. The minimum atomic E-state index is 0.196. The summed E-state index contributed by atoms with van der Waals surface area (Å²) in [7, 11) is 0. The second kappa shape index (κ2) is 25.2. The highest BCUT2D eigenvalue weighted by Gasteiger charge is 2.17. The number of hydrogen-bond donors (Lipinski definition) is 1. The van der Waals surface area contributed by atoms with Crippen molar-refractivity contribution in [2.45, 2.75) is 106 Å². The number of Topliss-reactive ketones (excluding diaryl/α,β-unsaturated/α-hetero) is 1. The lowest BCUT2D eigenvalue weighted by Gasteiger charge is -2.18. The van der Waals surface area contributed by atoms with Gasteiger partial charge in [0.25, 0.3) is 0 Å². The summed E-state index contributed by atoms with van der Waals surface area (Å²) in [4.78, 5) is 11.5. The third-order valence-electron chi connectivity index (χ3n) is 6.27. The van der Waals surface area contributed by atoms with E-state index in [4.69, 9.17) is 5.73 Å². The molecule has 0 aliphatic rings. The molecule has 0 aromatic carbocycles. The fourth-order valence-corrected chi connectivity index (χ4v) is 3.93. The van der Waals surface area contributed by atoms with Gasteiger partial charge in [0.1, 0.15) is 5.78 Å². The average Bonchev–Trinajstić information content (AvgIpc) is 2.85. The molecule has 0 aliphatic carbocycles. The molecule has 0 aliphatic heterocycles. The van der Waals surface area contributed by atoms with Crippen molar-refractivity contribution in [3.8, 4) is 0 Å². The van der Waals surface area contributed by atoms with Crippen LogP contribution in [0.1, 0.15) is 106 Å². The van der Waals surface area contributed by atoms with E-state index < -0.39 is 0 Å². The fraction of sp³-hybridized carbons (Fsp3) is 0.606. The summed E-state index contributed by atoms with van der Waals surface area (Å²) in [6.07, 6.45) is 28.7. The molecular weight excluding hydrogens is 426 g/mol. The van der Waals surface area contributed by atoms with Crippen molar-refractivity contribution in [2.75, 3.05) is 6.54 Å². The Bertz CT molecular complexity index is 665. The molecule has 0 spiro atoms. The number of carbonyl (C=O) groups is 1. The maximum atomic E-state index is 11.5. The average molecular weight is 484 g/mol. The van der Waals surface area contributed by atoms with Crippen molar-refractivity contribution in [3.05, 3.63) is 72.9 Å². The van der Waals surface area contributed by atoms with Crippen LogP contribution in [0.4, 0.5) is 0 Å². The molecule has 0 radical (unpaired) electrons. The predicted molar refractivity (Wildman–Crippen MR) is 160 cm³/mol. The summed E-state index contributed by atoms with van der Waals surface area (Å²) in [5, 5.41) is 0. The Hall–Kier alpha value is -1.93. The van der Waals surface area contributed by atoms with E-state index in [-0.39, 0.29) is 5.92 Å². The van der Waals surface area contributed by atoms with Crippen LogP contribution in [0, 0.1) is 17.8 Å². The Morgan fingerprint density at radius 1 is 1.00 bits per heavy atom. The Morgan fingerprint density at radius 2 is 1.71 bits per heavy atom. The lowest BCUT2D eigenvalue weighted by molar-refractivity contribution is -0.121. The van der Waals surface area contributed by atoms with Gasteiger partial charge in [-0.05, 0) is 68.4 Å². The van der Waals surface area contributed by atoms with E-state index in [2.05, 4.69) is 84.2 Å². The standard InChI is InChI=1S/C17H28O.C16H29N/c1-6-9-11-17(12-10-7-2)14(4)13-16(8-3)15(5)18;1-4-6-7-12-16(10-5-2)13-9-8-11-15(3)14-17/h6,10-12,14,16H,1,7-9,13H2,2-5H3;8-9,11,13,16H,3-7,10,12,14,17H2,1-2H3/b12-10+,17-11+;11-8-,13-9+. The van der Waals surface area contributed by atoms with E-state index in [1.807, 2.05) is 12.2 Å². The molecule has 0 saturated heterocycles. The van der Waals surface area contributed by atoms with E-state index in [0.29, 0.717) is 18.2 Å². The van der Waals surface area contributed by atoms with Crippen molar-refractivity contribution in [3.63, 3.8) is 0 Å². The van der Waals surface area contributed by atoms with Gasteiger partial charge < -0.3 is 5.73 Å². The summed E-state index contributed by atoms with van der Waals surface area (Å²) in [5.41, 5.74) is 7.78. The molecule has 0 amide bonds. The summed E-state index contributed by atoms with van der Waals surface area (Å²) in [6, 6.07) is 0. The molecule has 2 heteroatoms. The van der Waals surface area contributed by atoms with Crippen LogP contribution in [0.15, 0.2) is 72.9 Å². The van der Waals surface area contributed by atoms with Crippen LogP contribution in [-0.4, -0.2) is 12.3 Å². The number of carbonyl (C=O) groups excluding carboxylic acids is 1. The summed E-state index contributed by atoms with van der Waals surface area (Å²) < 4.78 is 0. The van der Waals surface area contributed by atoms with E-state index in [0.717, 1.165) is 37.2 Å². The fourth-order valence-electron chi connectivity index (χ4n) is 3.93. The van der Waals surface area contributed by atoms with Gasteiger partial charge in [-0.15, -0.1) is 6.58 Å². The first-order valence-electron chi connectivity index (χ1n) is 14.0. The van der Waals surface area contributed by atoms with E-state index >= 15 is 0 Å². The smallest absolute Gasteiger partial charge is 0.132 e. The quantitative estimate of drug-likeness (QED) is 0.113. The molecule has 3 unspecified atom stereocenters. The van der Waals surface area contributed by atoms with Crippen LogP contribution in [-0.2, 0) is 4.79 Å². The topological polar surface area (TPSA) is 43.1 Å². The maximum Gasteiger partial charge on any atom is 0.132 e. The van der Waals surface area contributed by atoms with Crippen molar-refractivity contribution in [1.29, 1.82) is 0 Å². The minimum Gasteiger partial charge on any atom is -0.327 e. The molecular formula is C33H57NO. The molecule has 0 saturated carbocycles. The van der Waals surface area contributed by atoms with Gasteiger partial charge in [-0.25, -0.2) is 0 Å². The Kier molecular flexibility index (Phi) is 25.3. The van der Waals surface area contributed by atoms with Crippen LogP contribution < -0.4 is 5.73 Å². The van der Waals surface area contributed by atoms with Gasteiger partial charge in [0.2, 0.25) is 0 Å². The zero-order valence-corrected chi connectivity index (χ0v) is 24.0. The summed E-state index contributed by atoms with van der Waals surface area (Å²) in [5.74, 6) is 1.68. The SMILES string of the molecule is C=C(/C=C\C=C\C(CCC)CCCCC)CN.C=CC/C=C(\C=C\CC)C(C)CC(CC)C(C)=O. The van der Waals surface area contributed by atoms with E-state index in [9.17, 15) is 4.79 Å². The first-order chi connectivity index (χ1) is 16.8. The summed E-state index contributed by atoms with van der Waals surface area (Å²) >= 11 is 0. The van der Waals surface area contributed by atoms with Gasteiger partial charge in [-0.1, -0.05) is 115 Å². The molecule has 3 atom stereocenters. The molecule has 0 fully saturated rings. The van der Waals surface area contributed by atoms with Gasteiger partial charge >= 0.3 is 0 Å². The maximum absolute atomic E-state index is 11.5. The molecule has 2 N–H and O–H groups in total. The molecule has 200 valence electrons. The Balaban J connectivity index is 0. The Morgan fingerprint density at radius 3 is 2.23 bits per heavy atom. The van der Waals surface area contributed by atoms with E-state index in [1.54, 1.807) is 6.92 Å². The molecule has 0 aromatic rings. The first-order valence-corrected chi connectivity index (χ1v) is 14.0. The number of ketones is 1. The van der Waals surface area contributed by atoms with Crippen molar-refractivity contribution in [2.24, 2.45) is 23.5 Å². The first kappa shape index (κ1) is 35.2. The second-order valence-corrected chi connectivity index (χ2v) is 9.54. The van der Waals surface area contributed by atoms with Crippen LogP contribution >= 0.6 is 0 Å². The van der Waals surface area contributed by atoms with Crippen molar-refractivity contribution >= 4 is 5.78 Å². The molecule has 0 heterocycles. The predicted octanol–water partition coefficient (Wildman–Crippen LogP) is 9.71. The van der Waals surface area contributed by atoms with Gasteiger partial charge in [0, 0.05) is 12.5 Å². The third kappa shape index (κ3) is 21.1. The van der Waals surface area contributed by atoms with Crippen molar-refractivity contribution in [1.82, 2.24) is 0 Å². The zero-order valence-electron chi connectivity index (χ0n) is 24.0. The number of hydrogen-bond acceptors (Lipinski definition) is 2. The molecule has 0 bridgehead atoms. The molecule has 2 nitrogen and oxygen atoms in total.